The molecule has 1 aromatic heterocycles. The SMILES string of the molecule is CCNC(=NCC1(N2CCOCC2)CCCCC1)NCCn1cc(C)cn1.I. The van der Waals surface area contributed by atoms with Crippen LogP contribution in [0, 0.1) is 6.92 Å². The molecule has 0 bridgehead atoms. The fourth-order valence-corrected chi connectivity index (χ4v) is 4.27. The summed E-state index contributed by atoms with van der Waals surface area (Å²) in [4.78, 5) is 7.65. The van der Waals surface area contributed by atoms with Gasteiger partial charge in [0.05, 0.1) is 32.5 Å². The van der Waals surface area contributed by atoms with Crippen LogP contribution in [0.4, 0.5) is 0 Å². The third-order valence-corrected chi connectivity index (χ3v) is 5.74. The second-order valence-electron chi connectivity index (χ2n) is 7.79. The van der Waals surface area contributed by atoms with Gasteiger partial charge < -0.3 is 15.4 Å². The van der Waals surface area contributed by atoms with Gasteiger partial charge in [-0.15, -0.1) is 24.0 Å². The minimum Gasteiger partial charge on any atom is -0.379 e. The van der Waals surface area contributed by atoms with Crippen LogP contribution in [-0.4, -0.2) is 72.1 Å². The van der Waals surface area contributed by atoms with Crippen LogP contribution in [-0.2, 0) is 11.3 Å². The number of aromatic nitrogens is 2. The lowest BCUT2D eigenvalue weighted by molar-refractivity contribution is -0.0333. The smallest absolute Gasteiger partial charge is 0.191 e. The van der Waals surface area contributed by atoms with Gasteiger partial charge in [0.15, 0.2) is 5.96 Å². The molecule has 1 aliphatic heterocycles. The minimum absolute atomic E-state index is 0. The van der Waals surface area contributed by atoms with Crippen LogP contribution < -0.4 is 10.6 Å². The standard InChI is InChI=1S/C20H36N6O.HI/c1-3-21-19(22-9-10-26-16-18(2)15-24-26)23-17-20(7-5-4-6-8-20)25-11-13-27-14-12-25;/h15-16H,3-14,17H2,1-2H3,(H2,21,22,23);1H. The molecule has 0 spiro atoms. The van der Waals surface area contributed by atoms with Crippen molar-refractivity contribution < 1.29 is 4.74 Å². The second-order valence-corrected chi connectivity index (χ2v) is 7.79. The van der Waals surface area contributed by atoms with E-state index in [4.69, 9.17) is 9.73 Å². The molecule has 1 aliphatic carbocycles. The highest BCUT2D eigenvalue weighted by atomic mass is 127. The summed E-state index contributed by atoms with van der Waals surface area (Å²) < 4.78 is 7.56. The number of morpholine rings is 1. The summed E-state index contributed by atoms with van der Waals surface area (Å²) in [6, 6.07) is 0. The number of nitrogens with zero attached hydrogens (tertiary/aromatic N) is 4. The molecule has 7 nitrogen and oxygen atoms in total. The molecule has 2 heterocycles. The number of aryl methyl sites for hydroxylation is 1. The van der Waals surface area contributed by atoms with Crippen LogP contribution in [0.3, 0.4) is 0 Å². The van der Waals surface area contributed by atoms with Gasteiger partial charge in [0.2, 0.25) is 0 Å². The van der Waals surface area contributed by atoms with Crippen molar-refractivity contribution in [3.63, 3.8) is 0 Å². The quantitative estimate of drug-likeness (QED) is 0.339. The number of ether oxygens (including phenoxy) is 1. The normalized spacial score (nSPS) is 20.4. The number of nitrogens with one attached hydrogen (secondary N) is 2. The molecular formula is C20H37IN6O. The van der Waals surface area contributed by atoms with Gasteiger partial charge in [-0.1, -0.05) is 19.3 Å². The van der Waals surface area contributed by atoms with Crippen LogP contribution >= 0.6 is 24.0 Å². The molecule has 0 aromatic carbocycles. The largest absolute Gasteiger partial charge is 0.379 e. The molecule has 1 aromatic rings. The van der Waals surface area contributed by atoms with Gasteiger partial charge >= 0.3 is 0 Å². The Kier molecular flexibility index (Phi) is 10.0. The number of guanidine groups is 1. The minimum atomic E-state index is 0. The van der Waals surface area contributed by atoms with Crippen molar-refractivity contribution in [2.24, 2.45) is 4.99 Å². The van der Waals surface area contributed by atoms with Gasteiger partial charge in [-0.25, -0.2) is 0 Å². The first kappa shape index (κ1) is 23.4. The zero-order valence-electron chi connectivity index (χ0n) is 17.5. The lowest BCUT2D eigenvalue weighted by Gasteiger charge is -2.47. The number of rotatable bonds is 7. The molecule has 28 heavy (non-hydrogen) atoms. The lowest BCUT2D eigenvalue weighted by atomic mass is 9.80. The molecule has 2 N–H and O–H groups in total. The Labute approximate surface area is 186 Å². The third-order valence-electron chi connectivity index (χ3n) is 5.74. The molecule has 1 saturated heterocycles. The van der Waals surface area contributed by atoms with Crippen LogP contribution in [0.1, 0.15) is 44.6 Å². The van der Waals surface area contributed by atoms with Crippen molar-refractivity contribution in [3.05, 3.63) is 18.0 Å². The van der Waals surface area contributed by atoms with Crippen molar-refractivity contribution in [1.82, 2.24) is 25.3 Å². The summed E-state index contributed by atoms with van der Waals surface area (Å²) in [6.07, 6.45) is 10.5. The monoisotopic (exact) mass is 504 g/mol. The number of halogens is 1. The highest BCUT2D eigenvalue weighted by Crippen LogP contribution is 2.34. The summed E-state index contributed by atoms with van der Waals surface area (Å²) in [7, 11) is 0. The first-order valence-electron chi connectivity index (χ1n) is 10.6. The Morgan fingerprint density at radius 1 is 1.21 bits per heavy atom. The van der Waals surface area contributed by atoms with Gasteiger partial charge in [0, 0.05) is 37.9 Å². The topological polar surface area (TPSA) is 66.7 Å². The fraction of sp³-hybridized carbons (Fsp3) is 0.800. The fourth-order valence-electron chi connectivity index (χ4n) is 4.27. The van der Waals surface area contributed by atoms with E-state index >= 15 is 0 Å². The van der Waals surface area contributed by atoms with E-state index in [1.165, 1.54) is 37.7 Å². The van der Waals surface area contributed by atoms with E-state index in [0.717, 1.165) is 58.4 Å². The summed E-state index contributed by atoms with van der Waals surface area (Å²) in [6.45, 7) is 11.4. The van der Waals surface area contributed by atoms with Crippen LogP contribution in [0.2, 0.25) is 0 Å². The van der Waals surface area contributed by atoms with Gasteiger partial charge in [-0.05, 0) is 32.3 Å². The van der Waals surface area contributed by atoms with E-state index in [1.54, 1.807) is 0 Å². The molecule has 8 heteroatoms. The Morgan fingerprint density at radius 3 is 2.61 bits per heavy atom. The van der Waals surface area contributed by atoms with Gasteiger partial charge in [0.1, 0.15) is 0 Å². The average molecular weight is 504 g/mol. The zero-order valence-corrected chi connectivity index (χ0v) is 19.8. The average Bonchev–Trinajstić information content (AvgIpc) is 3.12. The maximum absolute atomic E-state index is 5.59. The van der Waals surface area contributed by atoms with E-state index in [0.29, 0.717) is 0 Å². The Morgan fingerprint density at radius 2 is 1.96 bits per heavy atom. The molecule has 1 saturated carbocycles. The number of hydrogen-bond acceptors (Lipinski definition) is 4. The predicted octanol–water partition coefficient (Wildman–Crippen LogP) is 2.40. The molecule has 160 valence electrons. The van der Waals surface area contributed by atoms with Gasteiger partial charge in [-0.3, -0.25) is 14.6 Å². The van der Waals surface area contributed by atoms with E-state index in [2.05, 4.69) is 40.7 Å². The molecule has 0 unspecified atom stereocenters. The summed E-state index contributed by atoms with van der Waals surface area (Å²) in [5, 5.41) is 11.2. The summed E-state index contributed by atoms with van der Waals surface area (Å²) in [5.41, 5.74) is 1.41. The van der Waals surface area contributed by atoms with E-state index in [9.17, 15) is 0 Å². The molecule has 2 aliphatic rings. The Bertz CT molecular complexity index is 593. The van der Waals surface area contributed by atoms with Crippen molar-refractivity contribution in [3.8, 4) is 0 Å². The van der Waals surface area contributed by atoms with E-state index in [1.807, 2.05) is 10.9 Å². The third kappa shape index (κ3) is 6.59. The first-order valence-corrected chi connectivity index (χ1v) is 10.6. The molecular weight excluding hydrogens is 467 g/mol. The van der Waals surface area contributed by atoms with Crippen molar-refractivity contribution >= 4 is 29.9 Å². The molecule has 3 rings (SSSR count). The highest BCUT2D eigenvalue weighted by molar-refractivity contribution is 14.0. The van der Waals surface area contributed by atoms with Crippen molar-refractivity contribution in [2.75, 3.05) is 45.9 Å². The Balaban J connectivity index is 0.00000280. The summed E-state index contributed by atoms with van der Waals surface area (Å²) >= 11 is 0. The van der Waals surface area contributed by atoms with Crippen LogP contribution in [0.15, 0.2) is 17.4 Å². The van der Waals surface area contributed by atoms with Crippen molar-refractivity contribution in [2.45, 2.75) is 58.0 Å². The van der Waals surface area contributed by atoms with E-state index < -0.39 is 0 Å². The summed E-state index contributed by atoms with van der Waals surface area (Å²) in [5.74, 6) is 0.916. The second kappa shape index (κ2) is 12.0. The number of hydrogen-bond donors (Lipinski definition) is 2. The van der Waals surface area contributed by atoms with Crippen molar-refractivity contribution in [1.29, 1.82) is 0 Å². The molecule has 0 atom stereocenters. The number of aliphatic imine (C=N–C) groups is 1. The zero-order chi connectivity index (χ0) is 19.0. The van der Waals surface area contributed by atoms with Gasteiger partial charge in [-0.2, -0.15) is 5.10 Å². The van der Waals surface area contributed by atoms with Crippen LogP contribution in [0.5, 0.6) is 0 Å². The lowest BCUT2D eigenvalue weighted by Crippen LogP contribution is -2.56. The molecule has 0 radical (unpaired) electrons. The maximum atomic E-state index is 5.59. The predicted molar refractivity (Wildman–Crippen MR) is 125 cm³/mol. The molecule has 0 amide bonds. The highest BCUT2D eigenvalue weighted by Gasteiger charge is 2.38. The molecule has 2 fully saturated rings. The first-order chi connectivity index (χ1) is 13.2. The van der Waals surface area contributed by atoms with Gasteiger partial charge in [0.25, 0.3) is 0 Å². The Hall–Kier alpha value is -0.870. The van der Waals surface area contributed by atoms with Crippen LogP contribution in [0.25, 0.3) is 0 Å². The van der Waals surface area contributed by atoms with E-state index in [-0.39, 0.29) is 29.5 Å². The maximum Gasteiger partial charge on any atom is 0.191 e.